The first kappa shape index (κ1) is 19.3. The molecule has 0 fully saturated rings. The van der Waals surface area contributed by atoms with E-state index < -0.39 is 22.7 Å². The zero-order valence-corrected chi connectivity index (χ0v) is 14.7. The van der Waals surface area contributed by atoms with Crippen LogP contribution in [0, 0.1) is 0 Å². The van der Waals surface area contributed by atoms with Crippen LogP contribution >= 0.6 is 0 Å². The second kappa shape index (κ2) is 8.92. The van der Waals surface area contributed by atoms with Crippen molar-refractivity contribution < 1.29 is 21.9 Å². The first-order chi connectivity index (χ1) is 11.9. The average molecular weight is 369 g/mol. The van der Waals surface area contributed by atoms with Gasteiger partial charge in [0, 0.05) is 5.56 Å². The van der Waals surface area contributed by atoms with Crippen LogP contribution in [-0.4, -0.2) is 20.8 Å². The predicted octanol–water partition coefficient (Wildman–Crippen LogP) is 3.90. The van der Waals surface area contributed by atoms with E-state index in [4.69, 9.17) is 0 Å². The van der Waals surface area contributed by atoms with Crippen molar-refractivity contribution >= 4 is 10.0 Å². The molecule has 0 aliphatic carbocycles. The molecule has 1 unspecified atom stereocenters. The third-order valence-corrected chi connectivity index (χ3v) is 5.13. The van der Waals surface area contributed by atoms with Crippen LogP contribution in [-0.2, 0) is 16.4 Å². The van der Waals surface area contributed by atoms with Gasteiger partial charge in [0.15, 0.2) is 0 Å². The lowest BCUT2D eigenvalue weighted by Crippen LogP contribution is -2.31. The van der Waals surface area contributed by atoms with Crippen LogP contribution in [0.3, 0.4) is 0 Å². The van der Waals surface area contributed by atoms with E-state index in [9.17, 15) is 17.2 Å². The lowest BCUT2D eigenvalue weighted by molar-refractivity contribution is -0.0506. The van der Waals surface area contributed by atoms with Gasteiger partial charge in [-0.3, -0.25) is 0 Å². The normalized spacial score (nSPS) is 13.0. The van der Waals surface area contributed by atoms with E-state index in [-0.39, 0.29) is 11.5 Å². The maximum Gasteiger partial charge on any atom is 0.387 e. The van der Waals surface area contributed by atoms with Crippen LogP contribution in [0.1, 0.15) is 30.5 Å². The Hall–Kier alpha value is -1.99. The third kappa shape index (κ3) is 6.10. The van der Waals surface area contributed by atoms with Crippen molar-refractivity contribution in [2.24, 2.45) is 0 Å². The van der Waals surface area contributed by atoms with Crippen molar-refractivity contribution in [1.29, 1.82) is 0 Å². The Morgan fingerprint density at radius 3 is 2.32 bits per heavy atom. The van der Waals surface area contributed by atoms with Crippen molar-refractivity contribution in [3.8, 4) is 5.75 Å². The Bertz CT molecular complexity index is 767. The van der Waals surface area contributed by atoms with Gasteiger partial charge in [-0.15, -0.1) is 0 Å². The number of rotatable bonds is 9. The monoisotopic (exact) mass is 369 g/mol. The van der Waals surface area contributed by atoms with Gasteiger partial charge >= 0.3 is 6.61 Å². The molecule has 0 saturated carbocycles. The summed E-state index contributed by atoms with van der Waals surface area (Å²) in [5, 5.41) is 0. The first-order valence-corrected chi connectivity index (χ1v) is 9.64. The number of alkyl halides is 2. The Morgan fingerprint density at radius 1 is 1.04 bits per heavy atom. The minimum Gasteiger partial charge on any atom is -0.434 e. The highest BCUT2D eigenvalue weighted by Gasteiger charge is 2.22. The molecule has 25 heavy (non-hydrogen) atoms. The Labute approximate surface area is 146 Å². The van der Waals surface area contributed by atoms with Gasteiger partial charge in [0.25, 0.3) is 0 Å². The van der Waals surface area contributed by atoms with Crippen molar-refractivity contribution in [3.05, 3.63) is 65.7 Å². The van der Waals surface area contributed by atoms with Crippen LogP contribution in [0.15, 0.2) is 54.6 Å². The van der Waals surface area contributed by atoms with E-state index in [1.165, 1.54) is 6.07 Å². The Kier molecular flexibility index (Phi) is 6.90. The Morgan fingerprint density at radius 2 is 1.68 bits per heavy atom. The molecule has 0 amide bonds. The number of hydrogen-bond donors (Lipinski definition) is 1. The molecule has 0 aromatic heterocycles. The summed E-state index contributed by atoms with van der Waals surface area (Å²) in [5.74, 6) is -0.0964. The van der Waals surface area contributed by atoms with E-state index in [1.807, 2.05) is 30.3 Å². The summed E-state index contributed by atoms with van der Waals surface area (Å²) in [4.78, 5) is 0. The highest BCUT2D eigenvalue weighted by molar-refractivity contribution is 7.89. The number of benzene rings is 2. The minimum absolute atomic E-state index is 0.0184. The number of halogens is 2. The SMILES string of the molecule is CCC(NS(=O)(=O)CCc1ccccc1)c1ccccc1OC(F)F. The zero-order chi connectivity index (χ0) is 18.3. The highest BCUT2D eigenvalue weighted by atomic mass is 32.2. The maximum absolute atomic E-state index is 12.6. The fraction of sp³-hybridized carbons (Fsp3) is 0.333. The van der Waals surface area contributed by atoms with Crippen LogP contribution < -0.4 is 9.46 Å². The fourth-order valence-corrected chi connectivity index (χ4v) is 3.86. The molecule has 0 saturated heterocycles. The first-order valence-electron chi connectivity index (χ1n) is 7.99. The van der Waals surface area contributed by atoms with Crippen LogP contribution in [0.25, 0.3) is 0 Å². The largest absolute Gasteiger partial charge is 0.434 e. The second-order valence-electron chi connectivity index (χ2n) is 5.55. The van der Waals surface area contributed by atoms with Crippen LogP contribution in [0.2, 0.25) is 0 Å². The predicted molar refractivity (Wildman–Crippen MR) is 93.2 cm³/mol. The maximum atomic E-state index is 12.6. The molecule has 1 atom stereocenters. The second-order valence-corrected chi connectivity index (χ2v) is 7.42. The number of sulfonamides is 1. The number of ether oxygens (including phenoxy) is 1. The molecule has 2 rings (SSSR count). The number of hydrogen-bond acceptors (Lipinski definition) is 3. The quantitative estimate of drug-likeness (QED) is 0.729. The summed E-state index contributed by atoms with van der Waals surface area (Å²) in [7, 11) is -3.58. The molecule has 0 spiro atoms. The minimum atomic E-state index is -3.58. The van der Waals surface area contributed by atoms with Gasteiger partial charge in [0.1, 0.15) is 5.75 Å². The van der Waals surface area contributed by atoms with Gasteiger partial charge in [-0.2, -0.15) is 8.78 Å². The third-order valence-electron chi connectivity index (χ3n) is 3.74. The highest BCUT2D eigenvalue weighted by Crippen LogP contribution is 2.29. The number of nitrogens with one attached hydrogen (secondary N) is 1. The van der Waals surface area contributed by atoms with E-state index >= 15 is 0 Å². The van der Waals surface area contributed by atoms with Gasteiger partial charge in [0.2, 0.25) is 10.0 Å². The Balaban J connectivity index is 2.10. The van der Waals surface area contributed by atoms with Crippen molar-refractivity contribution in [1.82, 2.24) is 4.72 Å². The smallest absolute Gasteiger partial charge is 0.387 e. The molecule has 2 aromatic rings. The summed E-state index contributed by atoms with van der Waals surface area (Å²) in [6.07, 6.45) is 0.788. The molecule has 136 valence electrons. The zero-order valence-electron chi connectivity index (χ0n) is 13.9. The van der Waals surface area contributed by atoms with Crippen molar-refractivity contribution in [2.75, 3.05) is 5.75 Å². The molecule has 4 nitrogen and oxygen atoms in total. The fourth-order valence-electron chi connectivity index (χ4n) is 2.51. The summed E-state index contributed by atoms with van der Waals surface area (Å²) in [6, 6.07) is 14.9. The lowest BCUT2D eigenvalue weighted by atomic mass is 10.0. The van der Waals surface area contributed by atoms with E-state index in [0.717, 1.165) is 5.56 Å². The van der Waals surface area contributed by atoms with E-state index in [1.54, 1.807) is 25.1 Å². The molecule has 0 heterocycles. The lowest BCUT2D eigenvalue weighted by Gasteiger charge is -2.20. The molecular formula is C18H21F2NO3S. The average Bonchev–Trinajstić information content (AvgIpc) is 2.59. The topological polar surface area (TPSA) is 55.4 Å². The van der Waals surface area contributed by atoms with Crippen molar-refractivity contribution in [2.45, 2.75) is 32.4 Å². The van der Waals surface area contributed by atoms with Crippen molar-refractivity contribution in [3.63, 3.8) is 0 Å². The van der Waals surface area contributed by atoms with Crippen LogP contribution in [0.5, 0.6) is 5.75 Å². The molecule has 2 aromatic carbocycles. The van der Waals surface area contributed by atoms with Gasteiger partial charge in [-0.05, 0) is 24.5 Å². The van der Waals surface area contributed by atoms with E-state index in [2.05, 4.69) is 9.46 Å². The van der Waals surface area contributed by atoms with Gasteiger partial charge in [-0.1, -0.05) is 55.5 Å². The molecular weight excluding hydrogens is 348 g/mol. The summed E-state index contributed by atoms with van der Waals surface area (Å²) >= 11 is 0. The molecule has 0 bridgehead atoms. The number of para-hydroxylation sites is 1. The molecule has 1 N–H and O–H groups in total. The van der Waals surface area contributed by atoms with Gasteiger partial charge in [0.05, 0.1) is 11.8 Å². The number of aryl methyl sites for hydroxylation is 1. The summed E-state index contributed by atoms with van der Waals surface area (Å²) in [6.45, 7) is -1.18. The molecule has 7 heteroatoms. The molecule has 0 aliphatic rings. The molecule has 0 radical (unpaired) electrons. The van der Waals surface area contributed by atoms with Gasteiger partial charge < -0.3 is 4.74 Å². The standard InChI is InChI=1S/C18H21F2NO3S/c1-2-16(15-10-6-7-11-17(15)24-18(19)20)21-25(22,23)13-12-14-8-4-3-5-9-14/h3-11,16,18,21H,2,12-13H2,1H3. The van der Waals surface area contributed by atoms with E-state index in [0.29, 0.717) is 18.4 Å². The summed E-state index contributed by atoms with van der Waals surface area (Å²) in [5.41, 5.74) is 1.32. The summed E-state index contributed by atoms with van der Waals surface area (Å²) < 4.78 is 57.0. The van der Waals surface area contributed by atoms with Gasteiger partial charge in [-0.25, -0.2) is 13.1 Å². The molecule has 0 aliphatic heterocycles. The van der Waals surface area contributed by atoms with Crippen LogP contribution in [0.4, 0.5) is 8.78 Å².